The van der Waals surface area contributed by atoms with E-state index in [-0.39, 0.29) is 11.9 Å². The van der Waals surface area contributed by atoms with Crippen molar-refractivity contribution in [2.24, 2.45) is 0 Å². The van der Waals surface area contributed by atoms with Gasteiger partial charge in [-0.2, -0.15) is 0 Å². The van der Waals surface area contributed by atoms with Crippen molar-refractivity contribution in [2.45, 2.75) is 37.4 Å². The van der Waals surface area contributed by atoms with Gasteiger partial charge in [0, 0.05) is 30.8 Å². The fraction of sp³-hybridized carbons (Fsp3) is 0.455. The number of halogens is 3. The Labute approximate surface area is 236 Å². The molecular weight excluding hydrogens is 656 g/mol. The van der Waals surface area contributed by atoms with Crippen LogP contribution in [0.15, 0.2) is 27.4 Å². The lowest BCUT2D eigenvalue weighted by Gasteiger charge is -2.23. The highest BCUT2D eigenvalue weighted by atomic mass is 79.9. The standard InChI is InChI=1S/C22H25Br2ClN6O5S/c1-11(20-26-8-14(25)9-27-20)12(2)37(32,33)30-22-29-28-21(13-5-6-36-10-13)31(22)17-18(34-3)15(23)7-16(24)19(17)35-4/h7-9,11-13H,5-6,10H2,1-4H3,(H,29,30)/t11?,12?,13-/m1/s1. The molecule has 3 atom stereocenters. The van der Waals surface area contributed by atoms with E-state index < -0.39 is 21.2 Å². The number of benzene rings is 1. The number of rotatable bonds is 9. The Bertz CT molecular complexity index is 1350. The molecule has 2 aromatic heterocycles. The summed E-state index contributed by atoms with van der Waals surface area (Å²) in [5.74, 6) is 1.02. The number of methoxy groups -OCH3 is 2. The summed E-state index contributed by atoms with van der Waals surface area (Å²) in [5.41, 5.74) is 0.428. The van der Waals surface area contributed by atoms with Gasteiger partial charge in [0.25, 0.3) is 0 Å². The highest BCUT2D eigenvalue weighted by Gasteiger charge is 2.35. The monoisotopic (exact) mass is 678 g/mol. The Morgan fingerprint density at radius 2 is 1.76 bits per heavy atom. The van der Waals surface area contributed by atoms with E-state index in [1.54, 1.807) is 24.5 Å². The SMILES string of the molecule is COc1c(Br)cc(Br)c(OC)c1-n1c(NS(=O)(=O)C(C)C(C)c2ncc(Cl)cn2)nnc1[C@@H]1CCOC1. The maximum absolute atomic E-state index is 13.6. The molecule has 1 aliphatic heterocycles. The Morgan fingerprint density at radius 3 is 2.30 bits per heavy atom. The maximum Gasteiger partial charge on any atom is 0.243 e. The van der Waals surface area contributed by atoms with E-state index in [0.29, 0.717) is 62.4 Å². The van der Waals surface area contributed by atoms with Gasteiger partial charge in [0.2, 0.25) is 16.0 Å². The van der Waals surface area contributed by atoms with Gasteiger partial charge in [-0.3, -0.25) is 9.29 Å². The third-order valence-corrected chi connectivity index (χ3v) is 9.43. The van der Waals surface area contributed by atoms with Crippen LogP contribution in [0.2, 0.25) is 5.02 Å². The number of anilines is 1. The minimum atomic E-state index is -3.99. The van der Waals surface area contributed by atoms with Crippen LogP contribution in [-0.2, 0) is 14.8 Å². The van der Waals surface area contributed by atoms with Crippen molar-refractivity contribution < 1.29 is 22.6 Å². The van der Waals surface area contributed by atoms with E-state index in [1.807, 2.05) is 0 Å². The molecule has 0 saturated carbocycles. The second-order valence-electron chi connectivity index (χ2n) is 8.43. The van der Waals surface area contributed by atoms with Gasteiger partial charge in [-0.1, -0.05) is 18.5 Å². The summed E-state index contributed by atoms with van der Waals surface area (Å²) in [6.07, 6.45) is 3.57. The second-order valence-corrected chi connectivity index (χ2v) is 12.6. The Hall–Kier alpha value is -2.00. The number of nitrogens with zero attached hydrogens (tertiary/aromatic N) is 5. The van der Waals surface area contributed by atoms with Gasteiger partial charge in [-0.15, -0.1) is 10.2 Å². The summed E-state index contributed by atoms with van der Waals surface area (Å²) >= 11 is 12.9. The van der Waals surface area contributed by atoms with Crippen molar-refractivity contribution in [3.63, 3.8) is 0 Å². The highest BCUT2D eigenvalue weighted by Crippen LogP contribution is 2.46. The van der Waals surface area contributed by atoms with Gasteiger partial charge >= 0.3 is 0 Å². The van der Waals surface area contributed by atoms with Crippen molar-refractivity contribution in [2.75, 3.05) is 32.2 Å². The van der Waals surface area contributed by atoms with Crippen molar-refractivity contribution in [1.29, 1.82) is 0 Å². The molecule has 0 amide bonds. The summed E-state index contributed by atoms with van der Waals surface area (Å²) < 4.78 is 49.6. The molecule has 3 aromatic rings. The molecule has 1 N–H and O–H groups in total. The molecule has 15 heteroatoms. The zero-order chi connectivity index (χ0) is 26.9. The van der Waals surface area contributed by atoms with Crippen LogP contribution >= 0.6 is 43.5 Å². The fourth-order valence-corrected chi connectivity index (χ4v) is 6.80. The summed E-state index contributed by atoms with van der Waals surface area (Å²) in [6.45, 7) is 4.29. The minimum Gasteiger partial charge on any atom is -0.493 e. The third kappa shape index (κ3) is 5.58. The van der Waals surface area contributed by atoms with Gasteiger partial charge in [-0.05, 0) is 51.3 Å². The largest absolute Gasteiger partial charge is 0.493 e. The molecule has 11 nitrogen and oxygen atoms in total. The van der Waals surface area contributed by atoms with Crippen LogP contribution in [0.25, 0.3) is 5.69 Å². The molecule has 200 valence electrons. The molecule has 3 heterocycles. The van der Waals surface area contributed by atoms with Crippen molar-refractivity contribution in [3.8, 4) is 17.2 Å². The number of ether oxygens (including phenoxy) is 3. The van der Waals surface area contributed by atoms with Gasteiger partial charge < -0.3 is 14.2 Å². The normalized spacial score (nSPS) is 17.4. The molecule has 0 aliphatic carbocycles. The van der Waals surface area contributed by atoms with Crippen LogP contribution in [-0.4, -0.2) is 65.8 Å². The summed E-state index contributed by atoms with van der Waals surface area (Å²) in [7, 11) is -0.967. The predicted molar refractivity (Wildman–Crippen MR) is 146 cm³/mol. The minimum absolute atomic E-state index is 0.0143. The van der Waals surface area contributed by atoms with E-state index in [0.717, 1.165) is 0 Å². The van der Waals surface area contributed by atoms with Crippen LogP contribution in [0, 0.1) is 0 Å². The molecule has 1 fully saturated rings. The molecule has 1 saturated heterocycles. The van der Waals surface area contributed by atoms with Gasteiger partial charge in [0.1, 0.15) is 17.3 Å². The lowest BCUT2D eigenvalue weighted by atomic mass is 10.1. The topological polar surface area (TPSA) is 130 Å². The first-order valence-electron chi connectivity index (χ1n) is 11.2. The molecule has 1 aromatic carbocycles. The number of hydrogen-bond acceptors (Lipinski definition) is 9. The smallest absolute Gasteiger partial charge is 0.243 e. The van der Waals surface area contributed by atoms with E-state index in [4.69, 9.17) is 25.8 Å². The van der Waals surface area contributed by atoms with Crippen LogP contribution in [0.1, 0.15) is 43.8 Å². The van der Waals surface area contributed by atoms with Crippen molar-refractivity contribution in [1.82, 2.24) is 24.7 Å². The van der Waals surface area contributed by atoms with Crippen LogP contribution in [0.4, 0.5) is 5.95 Å². The third-order valence-electron chi connectivity index (χ3n) is 6.21. The highest BCUT2D eigenvalue weighted by molar-refractivity contribution is 9.11. The number of nitrogens with one attached hydrogen (secondary N) is 1. The molecule has 0 radical (unpaired) electrons. The van der Waals surface area contributed by atoms with Gasteiger partial charge in [0.15, 0.2) is 11.5 Å². The van der Waals surface area contributed by atoms with E-state index >= 15 is 0 Å². The average Bonchev–Trinajstić information content (AvgIpc) is 3.53. The summed E-state index contributed by atoms with van der Waals surface area (Å²) in [6, 6.07) is 1.78. The van der Waals surface area contributed by atoms with Gasteiger partial charge in [-0.25, -0.2) is 18.4 Å². The molecule has 0 spiro atoms. The Morgan fingerprint density at radius 1 is 1.14 bits per heavy atom. The Kier molecular flexibility index (Phi) is 8.63. The summed E-state index contributed by atoms with van der Waals surface area (Å²) in [4.78, 5) is 8.36. The van der Waals surface area contributed by atoms with Crippen molar-refractivity contribution >= 4 is 59.4 Å². The second kappa shape index (κ2) is 11.4. The van der Waals surface area contributed by atoms with Crippen LogP contribution in [0.5, 0.6) is 11.5 Å². The quantitative estimate of drug-likeness (QED) is 0.342. The lowest BCUT2D eigenvalue weighted by molar-refractivity contribution is 0.193. The first-order valence-corrected chi connectivity index (χ1v) is 14.7. The zero-order valence-corrected chi connectivity index (χ0v) is 25.1. The fourth-order valence-electron chi connectivity index (χ4n) is 4.00. The van der Waals surface area contributed by atoms with E-state index in [9.17, 15) is 8.42 Å². The first kappa shape index (κ1) is 28.0. The maximum atomic E-state index is 13.6. The Balaban J connectivity index is 1.82. The molecule has 4 rings (SSSR count). The summed E-state index contributed by atoms with van der Waals surface area (Å²) in [5, 5.41) is 8.04. The van der Waals surface area contributed by atoms with Crippen molar-refractivity contribution in [3.05, 3.63) is 44.1 Å². The van der Waals surface area contributed by atoms with Crippen LogP contribution < -0.4 is 14.2 Å². The molecule has 37 heavy (non-hydrogen) atoms. The predicted octanol–water partition coefficient (Wildman–Crippen LogP) is 4.69. The number of aromatic nitrogens is 5. The zero-order valence-electron chi connectivity index (χ0n) is 20.4. The molecule has 2 unspecified atom stereocenters. The van der Waals surface area contributed by atoms with E-state index in [2.05, 4.69) is 56.7 Å². The lowest BCUT2D eigenvalue weighted by Crippen LogP contribution is -2.31. The number of hydrogen-bond donors (Lipinski definition) is 1. The number of sulfonamides is 1. The molecule has 0 bridgehead atoms. The first-order chi connectivity index (χ1) is 17.6. The van der Waals surface area contributed by atoms with Gasteiger partial charge in [0.05, 0.1) is 40.0 Å². The average molecular weight is 681 g/mol. The van der Waals surface area contributed by atoms with Crippen LogP contribution in [0.3, 0.4) is 0 Å². The molecule has 1 aliphatic rings. The molecular formula is C22H25Br2ClN6O5S. The van der Waals surface area contributed by atoms with E-state index in [1.165, 1.54) is 26.6 Å².